The van der Waals surface area contributed by atoms with Gasteiger partial charge in [0.1, 0.15) is 5.84 Å². The number of hydrogen-bond acceptors (Lipinski definition) is 4. The Bertz CT molecular complexity index is 1160. The van der Waals surface area contributed by atoms with Gasteiger partial charge in [-0.15, -0.1) is 6.58 Å². The minimum absolute atomic E-state index is 0.671. The molecule has 2 aromatic rings. The van der Waals surface area contributed by atoms with Crippen LogP contribution in [0.25, 0.3) is 5.70 Å². The Balaban J connectivity index is 1.36. The maximum Gasteiger partial charge on any atom is 0.107 e. The highest BCUT2D eigenvalue weighted by molar-refractivity contribution is 5.98. The van der Waals surface area contributed by atoms with Crippen LogP contribution in [-0.4, -0.2) is 17.4 Å². The lowest BCUT2D eigenvalue weighted by Gasteiger charge is -2.23. The van der Waals surface area contributed by atoms with Crippen LogP contribution >= 0.6 is 0 Å². The predicted octanol–water partition coefficient (Wildman–Crippen LogP) is 7.83. The van der Waals surface area contributed by atoms with Crippen LogP contribution < -0.4 is 10.6 Å². The van der Waals surface area contributed by atoms with Gasteiger partial charge in [-0.2, -0.15) is 0 Å². The second kappa shape index (κ2) is 13.9. The van der Waals surface area contributed by atoms with Gasteiger partial charge in [0.15, 0.2) is 0 Å². The van der Waals surface area contributed by atoms with Crippen molar-refractivity contribution in [3.8, 4) is 0 Å². The number of fused-ring (bicyclic) bond motifs is 1. The number of aliphatic imine (C=N–C) groups is 1. The van der Waals surface area contributed by atoms with Crippen LogP contribution in [0.3, 0.4) is 0 Å². The molecule has 37 heavy (non-hydrogen) atoms. The summed E-state index contributed by atoms with van der Waals surface area (Å²) in [6.45, 7) is 12.1. The second-order valence-corrected chi connectivity index (χ2v) is 10.3. The summed E-state index contributed by atoms with van der Waals surface area (Å²) in [5.41, 5.74) is 8.34. The zero-order chi connectivity index (χ0) is 25.9. The van der Waals surface area contributed by atoms with Gasteiger partial charge in [0.05, 0.1) is 11.4 Å². The molecule has 0 amide bonds. The van der Waals surface area contributed by atoms with Crippen LogP contribution in [0.5, 0.6) is 0 Å². The van der Waals surface area contributed by atoms with E-state index in [4.69, 9.17) is 4.99 Å². The lowest BCUT2D eigenvalue weighted by atomic mass is 9.91. The molecule has 0 saturated heterocycles. The Morgan fingerprint density at radius 3 is 2.62 bits per heavy atom. The SMILES string of the molecule is C=CCCC(CCC)CNCc1nccc2c1N=C(CCC1=CC=C(Cc3ccccc3)CC1)NC2=C. The number of amidine groups is 1. The van der Waals surface area contributed by atoms with E-state index in [0.29, 0.717) is 5.92 Å². The maximum absolute atomic E-state index is 5.02. The summed E-state index contributed by atoms with van der Waals surface area (Å²) in [6.07, 6.45) is 18.5. The Morgan fingerprint density at radius 1 is 1.05 bits per heavy atom. The average Bonchev–Trinajstić information content (AvgIpc) is 2.92. The van der Waals surface area contributed by atoms with Crippen LogP contribution in [0, 0.1) is 5.92 Å². The molecule has 1 aliphatic carbocycles. The Hall–Kier alpha value is -3.24. The van der Waals surface area contributed by atoms with Crippen molar-refractivity contribution in [2.75, 3.05) is 6.54 Å². The summed E-state index contributed by atoms with van der Waals surface area (Å²) in [5, 5.41) is 7.10. The number of hydrogen-bond donors (Lipinski definition) is 2. The lowest BCUT2D eigenvalue weighted by Crippen LogP contribution is -2.26. The van der Waals surface area contributed by atoms with Gasteiger partial charge in [0, 0.05) is 30.4 Å². The molecule has 2 heterocycles. The third-order valence-electron chi connectivity index (χ3n) is 7.35. The molecule has 1 aliphatic heterocycles. The zero-order valence-corrected chi connectivity index (χ0v) is 22.4. The van der Waals surface area contributed by atoms with E-state index in [1.54, 1.807) is 0 Å². The number of benzene rings is 1. The van der Waals surface area contributed by atoms with E-state index in [1.807, 2.05) is 18.3 Å². The lowest BCUT2D eigenvalue weighted by molar-refractivity contribution is 0.415. The third kappa shape index (κ3) is 7.87. The van der Waals surface area contributed by atoms with E-state index < -0.39 is 0 Å². The van der Waals surface area contributed by atoms with Crippen molar-refractivity contribution >= 4 is 17.2 Å². The minimum Gasteiger partial charge on any atom is -0.344 e. The molecule has 0 bridgehead atoms. The Kier molecular flexibility index (Phi) is 10.1. The highest BCUT2D eigenvalue weighted by Gasteiger charge is 2.19. The van der Waals surface area contributed by atoms with Crippen LogP contribution in [0.1, 0.15) is 75.1 Å². The highest BCUT2D eigenvalue weighted by Crippen LogP contribution is 2.32. The van der Waals surface area contributed by atoms with Gasteiger partial charge in [-0.3, -0.25) is 4.98 Å². The molecule has 1 aromatic carbocycles. The number of pyridine rings is 1. The van der Waals surface area contributed by atoms with Crippen LogP contribution in [0.4, 0.5) is 5.69 Å². The first-order chi connectivity index (χ1) is 18.2. The zero-order valence-electron chi connectivity index (χ0n) is 22.4. The summed E-state index contributed by atoms with van der Waals surface area (Å²) in [6, 6.07) is 12.8. The van der Waals surface area contributed by atoms with Crippen molar-refractivity contribution in [1.29, 1.82) is 0 Å². The van der Waals surface area contributed by atoms with Crippen molar-refractivity contribution < 1.29 is 0 Å². The van der Waals surface area contributed by atoms with E-state index in [-0.39, 0.29) is 0 Å². The number of aromatic nitrogens is 1. The van der Waals surface area contributed by atoms with Crippen molar-refractivity contribution in [2.24, 2.45) is 10.9 Å². The maximum atomic E-state index is 5.02. The van der Waals surface area contributed by atoms with E-state index in [0.717, 1.165) is 80.1 Å². The fourth-order valence-electron chi connectivity index (χ4n) is 5.24. The normalized spacial score (nSPS) is 15.7. The minimum atomic E-state index is 0.671. The first-order valence-corrected chi connectivity index (χ1v) is 13.9. The molecule has 4 rings (SSSR count). The summed E-state index contributed by atoms with van der Waals surface area (Å²) in [5.74, 6) is 1.66. The van der Waals surface area contributed by atoms with Gasteiger partial charge < -0.3 is 10.6 Å². The molecule has 1 atom stereocenters. The van der Waals surface area contributed by atoms with Crippen molar-refractivity contribution in [3.63, 3.8) is 0 Å². The summed E-state index contributed by atoms with van der Waals surface area (Å²) < 4.78 is 0. The van der Waals surface area contributed by atoms with Gasteiger partial charge in [-0.25, -0.2) is 4.99 Å². The molecule has 4 heteroatoms. The molecule has 0 fully saturated rings. The molecule has 4 nitrogen and oxygen atoms in total. The quantitative estimate of drug-likeness (QED) is 0.263. The molecule has 1 aromatic heterocycles. The van der Waals surface area contributed by atoms with Crippen molar-refractivity contribution in [2.45, 2.75) is 71.3 Å². The third-order valence-corrected chi connectivity index (χ3v) is 7.35. The first-order valence-electron chi connectivity index (χ1n) is 13.9. The monoisotopic (exact) mass is 494 g/mol. The number of rotatable bonds is 14. The van der Waals surface area contributed by atoms with Crippen LogP contribution in [0.2, 0.25) is 0 Å². The Morgan fingerprint density at radius 2 is 1.86 bits per heavy atom. The molecule has 2 aliphatic rings. The summed E-state index contributed by atoms with van der Waals surface area (Å²) in [7, 11) is 0. The smallest absolute Gasteiger partial charge is 0.107 e. The van der Waals surface area contributed by atoms with Gasteiger partial charge >= 0.3 is 0 Å². The highest BCUT2D eigenvalue weighted by atomic mass is 15.0. The summed E-state index contributed by atoms with van der Waals surface area (Å²) in [4.78, 5) is 9.71. The molecule has 1 unspecified atom stereocenters. The largest absolute Gasteiger partial charge is 0.344 e. The fourth-order valence-corrected chi connectivity index (χ4v) is 5.24. The second-order valence-electron chi connectivity index (χ2n) is 10.3. The summed E-state index contributed by atoms with van der Waals surface area (Å²) >= 11 is 0. The van der Waals surface area contributed by atoms with Gasteiger partial charge in [-0.1, -0.05) is 79.6 Å². The van der Waals surface area contributed by atoms with Gasteiger partial charge in [0.25, 0.3) is 0 Å². The molecule has 0 saturated carbocycles. The molecule has 2 N–H and O–H groups in total. The molecular formula is C33H42N4. The topological polar surface area (TPSA) is 49.3 Å². The van der Waals surface area contributed by atoms with E-state index in [2.05, 4.69) is 78.2 Å². The molecule has 0 spiro atoms. The van der Waals surface area contributed by atoms with Crippen LogP contribution in [0.15, 0.2) is 90.1 Å². The standard InChI is InChI=1S/C33H42N4/c1-4-6-11-29(10-5-2)23-34-24-31-33-30(20-21-35-31)25(3)36-32(37-33)19-18-26-14-16-28(17-15-26)22-27-12-8-7-9-13-27/h4,7-9,12-14,16,20-21,29,34H,1,3,5-6,10-11,15,17-19,22-24H2,2H3,(H,36,37). The number of allylic oxidation sites excluding steroid dienone is 5. The molecular weight excluding hydrogens is 452 g/mol. The fraction of sp³-hybridized carbons (Fsp3) is 0.394. The van der Waals surface area contributed by atoms with E-state index in [1.165, 1.54) is 36.0 Å². The van der Waals surface area contributed by atoms with E-state index >= 15 is 0 Å². The van der Waals surface area contributed by atoms with E-state index in [9.17, 15) is 0 Å². The number of nitrogens with one attached hydrogen (secondary N) is 2. The molecule has 194 valence electrons. The van der Waals surface area contributed by atoms with Gasteiger partial charge in [0.2, 0.25) is 0 Å². The molecule has 0 radical (unpaired) electrons. The number of nitrogens with zero attached hydrogens (tertiary/aromatic N) is 2. The van der Waals surface area contributed by atoms with Crippen LogP contribution in [-0.2, 0) is 13.0 Å². The first kappa shape index (κ1) is 26.8. The Labute approximate surface area is 223 Å². The average molecular weight is 495 g/mol. The predicted molar refractivity (Wildman–Crippen MR) is 158 cm³/mol. The van der Waals surface area contributed by atoms with Gasteiger partial charge in [-0.05, 0) is 69.0 Å². The van der Waals surface area contributed by atoms with Crippen molar-refractivity contribution in [1.82, 2.24) is 15.6 Å². The van der Waals surface area contributed by atoms with Crippen molar-refractivity contribution in [3.05, 3.63) is 102 Å².